The Kier molecular flexibility index (Phi) is 7.60. The van der Waals surface area contributed by atoms with E-state index in [9.17, 15) is 69.9 Å². The van der Waals surface area contributed by atoms with E-state index in [-0.39, 0.29) is 4.90 Å². The Morgan fingerprint density at radius 3 is 1.00 bits per heavy atom. The van der Waals surface area contributed by atoms with Crippen molar-refractivity contribution < 1.29 is 69.9 Å². The molecule has 19 heteroatoms. The molecule has 4 nitrogen and oxygen atoms in total. The van der Waals surface area contributed by atoms with Gasteiger partial charge in [-0.2, -0.15) is 61.5 Å². The Bertz CT molecular complexity index is 823. The first-order valence-electron chi connectivity index (χ1n) is 6.78. The highest BCUT2D eigenvalue weighted by atomic mass is 32.2. The number of nitrogens with two attached hydrogens (primary N) is 2. The fourth-order valence-corrected chi connectivity index (χ4v) is 1.92. The maximum absolute atomic E-state index is 12.3. The van der Waals surface area contributed by atoms with Crippen molar-refractivity contribution in [2.75, 3.05) is 5.73 Å². The van der Waals surface area contributed by atoms with E-state index < -0.39 is 46.1 Å². The van der Waals surface area contributed by atoms with Gasteiger partial charge in [-0.25, -0.2) is 13.6 Å². The highest BCUT2D eigenvalue weighted by Crippen LogP contribution is 2.60. The Morgan fingerprint density at radius 1 is 0.548 bits per heavy atom. The summed E-state index contributed by atoms with van der Waals surface area (Å²) in [6.45, 7) is 0. The van der Waals surface area contributed by atoms with Crippen molar-refractivity contribution in [2.24, 2.45) is 5.14 Å². The fourth-order valence-electron chi connectivity index (χ4n) is 1.41. The van der Waals surface area contributed by atoms with Gasteiger partial charge in [0.2, 0.25) is 10.0 Å². The number of primary sulfonamides is 1. The number of hydrogen-bond donors (Lipinski definition) is 2. The number of hydrogen-bond acceptors (Lipinski definition) is 3. The molecule has 0 atom stereocenters. The summed E-state index contributed by atoms with van der Waals surface area (Å²) < 4.78 is 188. The number of halogens is 14. The number of rotatable bonds is 4. The number of nitrogen functional groups attached to an aromatic ring is 1. The van der Waals surface area contributed by atoms with Gasteiger partial charge in [0.1, 0.15) is 0 Å². The molecule has 1 aromatic carbocycles. The SMILES string of the molecule is FC(F)(F)C(F)(F)C(F)(F)C(F)(F)C(F)(F)C(F)(F)F.Nc1ccc(S(N)(=O)=O)cc1. The Balaban J connectivity index is 0.000000683. The molecule has 0 spiro atoms. The van der Waals surface area contributed by atoms with Crippen LogP contribution in [0.15, 0.2) is 29.2 Å². The Labute approximate surface area is 162 Å². The minimum Gasteiger partial charge on any atom is -0.399 e. The zero-order chi connectivity index (χ0) is 25.5. The van der Waals surface area contributed by atoms with Crippen LogP contribution in [0.3, 0.4) is 0 Å². The molecule has 182 valence electrons. The molecule has 0 heterocycles. The van der Waals surface area contributed by atoms with Crippen molar-refractivity contribution in [3.63, 3.8) is 0 Å². The molecule has 0 aliphatic carbocycles. The molecule has 0 saturated carbocycles. The summed E-state index contributed by atoms with van der Waals surface area (Å²) in [6, 6.07) is 5.70. The van der Waals surface area contributed by atoms with Crippen LogP contribution < -0.4 is 10.9 Å². The number of alkyl halides is 14. The predicted octanol–water partition coefficient (Wildman–Crippen LogP) is 4.57. The lowest BCUT2D eigenvalue weighted by Gasteiger charge is -2.37. The number of benzene rings is 1. The van der Waals surface area contributed by atoms with Gasteiger partial charge in [-0.05, 0) is 24.3 Å². The first-order valence-corrected chi connectivity index (χ1v) is 8.33. The zero-order valence-corrected chi connectivity index (χ0v) is 14.8. The smallest absolute Gasteiger partial charge is 0.399 e. The molecular formula is C12H8F14N2O2S. The van der Waals surface area contributed by atoms with Crippen molar-refractivity contribution in [1.82, 2.24) is 0 Å². The van der Waals surface area contributed by atoms with E-state index in [1.807, 2.05) is 0 Å². The third-order valence-corrected chi connectivity index (χ3v) is 4.03. The summed E-state index contributed by atoms with van der Waals surface area (Å²) in [7, 11) is -3.58. The van der Waals surface area contributed by atoms with Gasteiger partial charge in [-0.1, -0.05) is 0 Å². The van der Waals surface area contributed by atoms with Gasteiger partial charge >= 0.3 is 36.0 Å². The van der Waals surface area contributed by atoms with Gasteiger partial charge in [0, 0.05) is 5.69 Å². The molecule has 0 aliphatic heterocycles. The Hall–Kier alpha value is -2.05. The molecule has 0 bridgehead atoms. The summed E-state index contributed by atoms with van der Waals surface area (Å²) in [5, 5.41) is 4.84. The summed E-state index contributed by atoms with van der Waals surface area (Å²) in [5.41, 5.74) is 5.85. The van der Waals surface area contributed by atoms with E-state index in [0.717, 1.165) is 0 Å². The quantitative estimate of drug-likeness (QED) is 0.460. The van der Waals surface area contributed by atoms with Crippen LogP contribution in [-0.2, 0) is 10.0 Å². The highest BCUT2D eigenvalue weighted by molar-refractivity contribution is 7.89. The molecule has 0 fully saturated rings. The first-order chi connectivity index (χ1) is 13.2. The van der Waals surface area contributed by atoms with E-state index in [4.69, 9.17) is 10.9 Å². The van der Waals surface area contributed by atoms with E-state index >= 15 is 0 Å². The second kappa shape index (κ2) is 8.14. The number of anilines is 1. The summed E-state index contributed by atoms with van der Waals surface area (Å²) in [5.74, 6) is -31.7. The van der Waals surface area contributed by atoms with Crippen molar-refractivity contribution >= 4 is 15.7 Å². The van der Waals surface area contributed by atoms with Crippen LogP contribution in [0, 0.1) is 0 Å². The van der Waals surface area contributed by atoms with Gasteiger partial charge in [0.05, 0.1) is 4.90 Å². The minimum absolute atomic E-state index is 0.0756. The maximum atomic E-state index is 12.3. The average molecular weight is 510 g/mol. The van der Waals surface area contributed by atoms with Crippen LogP contribution in [0.2, 0.25) is 0 Å². The number of sulfonamides is 1. The molecule has 0 amide bonds. The van der Waals surface area contributed by atoms with Crippen LogP contribution in [0.25, 0.3) is 0 Å². The summed E-state index contributed by atoms with van der Waals surface area (Å²) >= 11 is 0. The Morgan fingerprint density at radius 2 is 0.806 bits per heavy atom. The topological polar surface area (TPSA) is 86.2 Å². The first kappa shape index (κ1) is 28.9. The van der Waals surface area contributed by atoms with Crippen LogP contribution in [0.5, 0.6) is 0 Å². The fraction of sp³-hybridized carbons (Fsp3) is 0.500. The highest BCUT2D eigenvalue weighted by Gasteiger charge is 2.91. The molecule has 0 aliphatic rings. The second-order valence-electron chi connectivity index (χ2n) is 5.41. The average Bonchev–Trinajstić information content (AvgIpc) is 2.52. The molecule has 4 N–H and O–H groups in total. The molecule has 31 heavy (non-hydrogen) atoms. The van der Waals surface area contributed by atoms with Gasteiger partial charge in [0.25, 0.3) is 0 Å². The van der Waals surface area contributed by atoms with Crippen LogP contribution in [0.4, 0.5) is 67.2 Å². The summed E-state index contributed by atoms with van der Waals surface area (Å²) in [4.78, 5) is 0.0756. The van der Waals surface area contributed by atoms with Crippen LogP contribution in [-0.4, -0.2) is 44.5 Å². The van der Waals surface area contributed by atoms with Gasteiger partial charge in [-0.3, -0.25) is 0 Å². The molecule has 0 unspecified atom stereocenters. The van der Waals surface area contributed by atoms with E-state index in [0.29, 0.717) is 5.69 Å². The lowest BCUT2D eigenvalue weighted by Crippen LogP contribution is -2.69. The third kappa shape index (κ3) is 5.42. The van der Waals surface area contributed by atoms with Crippen molar-refractivity contribution in [2.45, 2.75) is 40.9 Å². The monoisotopic (exact) mass is 510 g/mol. The molecule has 1 rings (SSSR count). The molecule has 0 radical (unpaired) electrons. The van der Waals surface area contributed by atoms with Gasteiger partial charge < -0.3 is 5.73 Å². The second-order valence-corrected chi connectivity index (χ2v) is 6.97. The third-order valence-electron chi connectivity index (χ3n) is 3.10. The van der Waals surface area contributed by atoms with Crippen LogP contribution >= 0.6 is 0 Å². The minimum atomic E-state index is -8.04. The van der Waals surface area contributed by atoms with E-state index in [2.05, 4.69) is 0 Å². The van der Waals surface area contributed by atoms with Crippen molar-refractivity contribution in [3.05, 3.63) is 24.3 Å². The largest absolute Gasteiger partial charge is 0.460 e. The van der Waals surface area contributed by atoms with Crippen molar-refractivity contribution in [3.8, 4) is 0 Å². The van der Waals surface area contributed by atoms with Gasteiger partial charge in [-0.15, -0.1) is 0 Å². The summed E-state index contributed by atoms with van der Waals surface area (Å²) in [6.07, 6.45) is -15.0. The standard InChI is InChI=1S/C6F14.C6H8N2O2S/c7-1(8,3(11,12)5(15,16)17)2(9,10)4(13,14)6(18,19)20;7-5-1-3-6(4-2-5)11(8,9)10/h;1-4H,7H2,(H2,8,9,10). The zero-order valence-electron chi connectivity index (χ0n) is 14.0. The predicted molar refractivity (Wildman–Crippen MR) is 74.1 cm³/mol. The molecular weight excluding hydrogens is 502 g/mol. The van der Waals surface area contributed by atoms with E-state index in [1.165, 1.54) is 24.3 Å². The van der Waals surface area contributed by atoms with Crippen LogP contribution in [0.1, 0.15) is 0 Å². The van der Waals surface area contributed by atoms with Crippen molar-refractivity contribution in [1.29, 1.82) is 0 Å². The lowest BCUT2D eigenvalue weighted by atomic mass is 9.98. The molecule has 0 saturated heterocycles. The normalized spacial score (nSPS) is 14.7. The molecule has 0 aromatic heterocycles. The van der Waals surface area contributed by atoms with E-state index in [1.54, 1.807) is 0 Å². The molecule has 1 aromatic rings. The maximum Gasteiger partial charge on any atom is 0.460 e. The van der Waals surface area contributed by atoms with Gasteiger partial charge in [0.15, 0.2) is 0 Å². The lowest BCUT2D eigenvalue weighted by molar-refractivity contribution is -0.451.